The molecule has 0 bridgehead atoms. The Balaban J connectivity index is 4.73. The molecular formula is C14H30O. The maximum atomic E-state index is 10.1. The normalized spacial score (nSPS) is 17.6. The van der Waals surface area contributed by atoms with Gasteiger partial charge < -0.3 is 5.11 Å². The van der Waals surface area contributed by atoms with Gasteiger partial charge in [0.25, 0.3) is 0 Å². The molecule has 0 aromatic rings. The molecule has 1 N–H and O–H groups in total. The van der Waals surface area contributed by atoms with Crippen molar-refractivity contribution in [1.82, 2.24) is 0 Å². The number of hydrogen-bond donors (Lipinski definition) is 1. The van der Waals surface area contributed by atoms with Crippen LogP contribution in [-0.4, -0.2) is 11.2 Å². The van der Waals surface area contributed by atoms with Crippen molar-refractivity contribution in [2.24, 2.45) is 16.7 Å². The van der Waals surface area contributed by atoms with E-state index in [4.69, 9.17) is 0 Å². The van der Waals surface area contributed by atoms with Gasteiger partial charge in [0, 0.05) is 0 Å². The molecule has 0 aromatic heterocycles. The van der Waals surface area contributed by atoms with Gasteiger partial charge in [-0.3, -0.25) is 0 Å². The van der Waals surface area contributed by atoms with Gasteiger partial charge in [-0.25, -0.2) is 0 Å². The Bertz CT molecular complexity index is 182. The van der Waals surface area contributed by atoms with Crippen LogP contribution in [0.5, 0.6) is 0 Å². The SMILES string of the molecule is CCCC(C)(C)C(C)C(C)(C)C(O)CC. The first-order chi connectivity index (χ1) is 6.70. The minimum Gasteiger partial charge on any atom is -0.393 e. The second-order valence-corrected chi connectivity index (χ2v) is 6.21. The van der Waals surface area contributed by atoms with Crippen molar-refractivity contribution < 1.29 is 5.11 Å². The predicted octanol–water partition coefficient (Wildman–Crippen LogP) is 4.25. The van der Waals surface area contributed by atoms with E-state index < -0.39 is 0 Å². The molecule has 1 nitrogen and oxygen atoms in total. The van der Waals surface area contributed by atoms with Crippen molar-refractivity contribution in [3.63, 3.8) is 0 Å². The van der Waals surface area contributed by atoms with Crippen LogP contribution in [0.25, 0.3) is 0 Å². The quantitative estimate of drug-likeness (QED) is 0.701. The highest BCUT2D eigenvalue weighted by molar-refractivity contribution is 4.89. The minimum atomic E-state index is -0.191. The minimum absolute atomic E-state index is 0.00736. The summed E-state index contributed by atoms with van der Waals surface area (Å²) in [4.78, 5) is 0. The number of aliphatic hydroxyl groups excluding tert-OH is 1. The Hall–Kier alpha value is -0.0400. The highest BCUT2D eigenvalue weighted by Crippen LogP contribution is 2.45. The highest BCUT2D eigenvalue weighted by Gasteiger charge is 2.40. The first kappa shape index (κ1) is 15.0. The van der Waals surface area contributed by atoms with E-state index in [1.165, 1.54) is 12.8 Å². The van der Waals surface area contributed by atoms with Gasteiger partial charge in [-0.05, 0) is 29.6 Å². The third-order valence-electron chi connectivity index (χ3n) is 4.43. The molecule has 15 heavy (non-hydrogen) atoms. The molecule has 0 aliphatic rings. The smallest absolute Gasteiger partial charge is 0.0591 e. The molecule has 2 atom stereocenters. The third kappa shape index (κ3) is 3.48. The predicted molar refractivity (Wildman–Crippen MR) is 67.9 cm³/mol. The van der Waals surface area contributed by atoms with Crippen LogP contribution in [0.4, 0.5) is 0 Å². The highest BCUT2D eigenvalue weighted by atomic mass is 16.3. The summed E-state index contributed by atoms with van der Waals surface area (Å²) in [6.45, 7) is 15.6. The van der Waals surface area contributed by atoms with E-state index in [0.29, 0.717) is 11.3 Å². The second-order valence-electron chi connectivity index (χ2n) is 6.21. The third-order valence-corrected chi connectivity index (χ3v) is 4.43. The fourth-order valence-electron chi connectivity index (χ4n) is 2.68. The Morgan fingerprint density at radius 3 is 1.87 bits per heavy atom. The largest absolute Gasteiger partial charge is 0.393 e. The molecule has 92 valence electrons. The standard InChI is InChI=1S/C14H30O/c1-8-10-13(4,5)11(3)14(6,7)12(15)9-2/h11-12,15H,8-10H2,1-7H3. The van der Waals surface area contributed by atoms with Crippen LogP contribution >= 0.6 is 0 Å². The zero-order chi connectivity index (χ0) is 12.3. The average Bonchev–Trinajstić information content (AvgIpc) is 2.15. The van der Waals surface area contributed by atoms with Gasteiger partial charge in [0.15, 0.2) is 0 Å². The number of rotatable bonds is 6. The van der Waals surface area contributed by atoms with Gasteiger partial charge in [-0.2, -0.15) is 0 Å². The van der Waals surface area contributed by atoms with E-state index in [2.05, 4.69) is 48.5 Å². The fourth-order valence-corrected chi connectivity index (χ4v) is 2.68. The Labute approximate surface area is 96.3 Å². The van der Waals surface area contributed by atoms with Gasteiger partial charge in [0.2, 0.25) is 0 Å². The van der Waals surface area contributed by atoms with E-state index in [-0.39, 0.29) is 11.5 Å². The lowest BCUT2D eigenvalue weighted by molar-refractivity contribution is -0.0355. The van der Waals surface area contributed by atoms with Gasteiger partial charge in [-0.15, -0.1) is 0 Å². The lowest BCUT2D eigenvalue weighted by Gasteiger charge is -2.45. The molecular weight excluding hydrogens is 184 g/mol. The van der Waals surface area contributed by atoms with Gasteiger partial charge in [0.1, 0.15) is 0 Å². The van der Waals surface area contributed by atoms with Gasteiger partial charge in [-0.1, -0.05) is 54.9 Å². The molecule has 0 spiro atoms. The zero-order valence-corrected chi connectivity index (χ0v) is 11.7. The van der Waals surface area contributed by atoms with E-state index >= 15 is 0 Å². The maximum absolute atomic E-state index is 10.1. The number of hydrogen-bond acceptors (Lipinski definition) is 1. The lowest BCUT2D eigenvalue weighted by Crippen LogP contribution is -2.42. The van der Waals surface area contributed by atoms with Crippen molar-refractivity contribution >= 4 is 0 Å². The molecule has 0 heterocycles. The van der Waals surface area contributed by atoms with Crippen LogP contribution in [0.1, 0.15) is 67.7 Å². The summed E-state index contributed by atoms with van der Waals surface area (Å²) in [5.41, 5.74) is 0.321. The summed E-state index contributed by atoms with van der Waals surface area (Å²) >= 11 is 0. The second kappa shape index (κ2) is 5.34. The van der Waals surface area contributed by atoms with Crippen molar-refractivity contribution in [2.45, 2.75) is 73.8 Å². The molecule has 0 aliphatic carbocycles. The summed E-state index contributed by atoms with van der Waals surface area (Å²) in [6, 6.07) is 0. The van der Waals surface area contributed by atoms with Gasteiger partial charge in [0.05, 0.1) is 6.10 Å². The van der Waals surface area contributed by atoms with Crippen LogP contribution in [0, 0.1) is 16.7 Å². The van der Waals surface area contributed by atoms with Crippen LogP contribution in [-0.2, 0) is 0 Å². The first-order valence-electron chi connectivity index (χ1n) is 6.38. The number of aliphatic hydroxyl groups is 1. The Morgan fingerprint density at radius 1 is 1.07 bits per heavy atom. The summed E-state index contributed by atoms with van der Waals surface area (Å²) in [7, 11) is 0. The van der Waals surface area contributed by atoms with E-state index in [1.807, 2.05) is 0 Å². The Morgan fingerprint density at radius 2 is 1.53 bits per heavy atom. The van der Waals surface area contributed by atoms with Crippen molar-refractivity contribution in [1.29, 1.82) is 0 Å². The topological polar surface area (TPSA) is 20.2 Å². The molecule has 2 unspecified atom stereocenters. The summed E-state index contributed by atoms with van der Waals surface area (Å²) in [6.07, 6.45) is 3.10. The molecule has 0 amide bonds. The van der Waals surface area contributed by atoms with E-state index in [9.17, 15) is 5.11 Å². The van der Waals surface area contributed by atoms with Crippen LogP contribution < -0.4 is 0 Å². The van der Waals surface area contributed by atoms with Crippen molar-refractivity contribution in [3.8, 4) is 0 Å². The summed E-state index contributed by atoms with van der Waals surface area (Å²) in [5, 5.41) is 10.1. The molecule has 0 saturated carbocycles. The maximum Gasteiger partial charge on any atom is 0.0591 e. The van der Waals surface area contributed by atoms with Crippen molar-refractivity contribution in [3.05, 3.63) is 0 Å². The molecule has 0 fully saturated rings. The fraction of sp³-hybridized carbons (Fsp3) is 1.00. The molecule has 0 aromatic carbocycles. The van der Waals surface area contributed by atoms with E-state index in [1.54, 1.807) is 0 Å². The van der Waals surface area contributed by atoms with Crippen LogP contribution in [0.2, 0.25) is 0 Å². The van der Waals surface area contributed by atoms with Crippen LogP contribution in [0.15, 0.2) is 0 Å². The zero-order valence-electron chi connectivity index (χ0n) is 11.7. The average molecular weight is 214 g/mol. The molecule has 0 rings (SSSR count). The molecule has 0 aliphatic heterocycles. The molecule has 0 saturated heterocycles. The monoisotopic (exact) mass is 214 g/mol. The lowest BCUT2D eigenvalue weighted by atomic mass is 9.62. The van der Waals surface area contributed by atoms with Crippen LogP contribution in [0.3, 0.4) is 0 Å². The summed E-state index contributed by atoms with van der Waals surface area (Å²) in [5.74, 6) is 0.528. The Kier molecular flexibility index (Phi) is 5.32. The summed E-state index contributed by atoms with van der Waals surface area (Å²) < 4.78 is 0. The van der Waals surface area contributed by atoms with Crippen molar-refractivity contribution in [2.75, 3.05) is 0 Å². The first-order valence-corrected chi connectivity index (χ1v) is 6.38. The molecule has 1 heteroatoms. The van der Waals surface area contributed by atoms with Gasteiger partial charge >= 0.3 is 0 Å². The van der Waals surface area contributed by atoms with E-state index in [0.717, 1.165) is 6.42 Å². The molecule has 0 radical (unpaired) electrons.